The highest BCUT2D eigenvalue weighted by atomic mass is 79.9. The van der Waals surface area contributed by atoms with E-state index >= 15 is 0 Å². The standard InChI is InChI=1S/C15H13BrClFO/c1-9-3-4-10(7-13(9)16)15(17)12-6-5-11(19-2)8-14(12)18/h3-8,15H,1-2H3. The Kier molecular flexibility index (Phi) is 4.48. The van der Waals surface area contributed by atoms with Gasteiger partial charge in [-0.15, -0.1) is 11.6 Å². The number of hydrogen-bond acceptors (Lipinski definition) is 1. The average molecular weight is 344 g/mol. The Morgan fingerprint density at radius 3 is 2.53 bits per heavy atom. The molecule has 1 nitrogen and oxygen atoms in total. The molecule has 1 unspecified atom stereocenters. The van der Waals surface area contributed by atoms with Crippen LogP contribution in [0, 0.1) is 12.7 Å². The highest BCUT2D eigenvalue weighted by Crippen LogP contribution is 2.34. The fraction of sp³-hybridized carbons (Fsp3) is 0.200. The molecule has 4 heteroatoms. The van der Waals surface area contributed by atoms with E-state index in [4.69, 9.17) is 16.3 Å². The Labute approximate surface area is 125 Å². The van der Waals surface area contributed by atoms with Crippen molar-refractivity contribution in [2.45, 2.75) is 12.3 Å². The largest absolute Gasteiger partial charge is 0.497 e. The van der Waals surface area contributed by atoms with Crippen LogP contribution in [0.4, 0.5) is 4.39 Å². The Bertz CT molecular complexity index is 601. The second-order valence-corrected chi connectivity index (χ2v) is 5.55. The molecule has 0 aromatic heterocycles. The summed E-state index contributed by atoms with van der Waals surface area (Å²) in [7, 11) is 1.50. The number of alkyl halides is 1. The van der Waals surface area contributed by atoms with Crippen LogP contribution in [0.3, 0.4) is 0 Å². The van der Waals surface area contributed by atoms with Gasteiger partial charge in [0.05, 0.1) is 12.5 Å². The number of rotatable bonds is 3. The number of ether oxygens (including phenoxy) is 1. The van der Waals surface area contributed by atoms with Gasteiger partial charge >= 0.3 is 0 Å². The lowest BCUT2D eigenvalue weighted by atomic mass is 10.0. The Hall–Kier alpha value is -1.06. The lowest BCUT2D eigenvalue weighted by molar-refractivity contribution is 0.410. The smallest absolute Gasteiger partial charge is 0.131 e. The highest BCUT2D eigenvalue weighted by Gasteiger charge is 2.16. The predicted molar refractivity (Wildman–Crippen MR) is 79.5 cm³/mol. The molecule has 0 radical (unpaired) electrons. The summed E-state index contributed by atoms with van der Waals surface area (Å²) in [6, 6.07) is 10.5. The minimum absolute atomic E-state index is 0.365. The van der Waals surface area contributed by atoms with Crippen LogP contribution in [0.1, 0.15) is 22.1 Å². The summed E-state index contributed by atoms with van der Waals surface area (Å²) >= 11 is 9.81. The monoisotopic (exact) mass is 342 g/mol. The van der Waals surface area contributed by atoms with Gasteiger partial charge < -0.3 is 4.74 Å². The first-order valence-corrected chi connectivity index (χ1v) is 6.99. The van der Waals surface area contributed by atoms with Crippen molar-refractivity contribution in [1.29, 1.82) is 0 Å². The van der Waals surface area contributed by atoms with Crippen LogP contribution < -0.4 is 4.74 Å². The van der Waals surface area contributed by atoms with Gasteiger partial charge in [-0.3, -0.25) is 0 Å². The molecule has 19 heavy (non-hydrogen) atoms. The zero-order chi connectivity index (χ0) is 14.0. The molecule has 0 fully saturated rings. The fourth-order valence-electron chi connectivity index (χ4n) is 1.79. The summed E-state index contributed by atoms with van der Waals surface area (Å²) in [6.07, 6.45) is 0. The Morgan fingerprint density at radius 2 is 1.95 bits per heavy atom. The molecule has 0 bridgehead atoms. The van der Waals surface area contributed by atoms with Crippen molar-refractivity contribution in [3.63, 3.8) is 0 Å². The molecule has 0 saturated heterocycles. The van der Waals surface area contributed by atoms with Gasteiger partial charge in [-0.1, -0.05) is 34.1 Å². The first-order chi connectivity index (χ1) is 9.02. The first kappa shape index (κ1) is 14.4. The van der Waals surface area contributed by atoms with E-state index in [9.17, 15) is 4.39 Å². The van der Waals surface area contributed by atoms with E-state index in [1.807, 2.05) is 25.1 Å². The number of benzene rings is 2. The SMILES string of the molecule is COc1ccc(C(Cl)c2ccc(C)c(Br)c2)c(F)c1. The molecule has 0 aliphatic carbocycles. The number of methoxy groups -OCH3 is 1. The quantitative estimate of drug-likeness (QED) is 0.693. The molecule has 2 rings (SSSR count). The Morgan fingerprint density at radius 1 is 1.21 bits per heavy atom. The third-order valence-electron chi connectivity index (χ3n) is 2.97. The van der Waals surface area contributed by atoms with E-state index in [1.54, 1.807) is 12.1 Å². The maximum absolute atomic E-state index is 14.0. The second-order valence-electron chi connectivity index (χ2n) is 4.26. The van der Waals surface area contributed by atoms with Crippen molar-refractivity contribution in [3.05, 3.63) is 63.4 Å². The predicted octanol–water partition coefficient (Wildman–Crippen LogP) is 5.23. The molecule has 0 N–H and O–H groups in total. The molecule has 2 aromatic rings. The molecule has 0 amide bonds. The fourth-order valence-corrected chi connectivity index (χ4v) is 2.50. The van der Waals surface area contributed by atoms with Gasteiger partial charge in [0.1, 0.15) is 11.6 Å². The van der Waals surface area contributed by atoms with Crippen LogP contribution in [0.2, 0.25) is 0 Å². The molecule has 0 saturated carbocycles. The molecular formula is C15H13BrClFO. The van der Waals surface area contributed by atoms with Gasteiger partial charge in [-0.2, -0.15) is 0 Å². The molecule has 0 aliphatic heterocycles. The third-order valence-corrected chi connectivity index (χ3v) is 4.31. The summed E-state index contributed by atoms with van der Waals surface area (Å²) in [5, 5.41) is -0.525. The molecule has 0 heterocycles. The summed E-state index contributed by atoms with van der Waals surface area (Å²) < 4.78 is 19.9. The number of halogens is 3. The number of aryl methyl sites for hydroxylation is 1. The van der Waals surface area contributed by atoms with Gasteiger partial charge in [-0.25, -0.2) is 4.39 Å². The Balaban J connectivity index is 2.38. The van der Waals surface area contributed by atoms with E-state index in [2.05, 4.69) is 15.9 Å². The van der Waals surface area contributed by atoms with Crippen molar-refractivity contribution < 1.29 is 9.13 Å². The van der Waals surface area contributed by atoms with E-state index in [0.717, 1.165) is 15.6 Å². The zero-order valence-electron chi connectivity index (χ0n) is 10.6. The molecule has 2 aromatic carbocycles. The van der Waals surface area contributed by atoms with Crippen molar-refractivity contribution in [2.24, 2.45) is 0 Å². The molecule has 0 spiro atoms. The summed E-state index contributed by atoms with van der Waals surface area (Å²) in [4.78, 5) is 0. The van der Waals surface area contributed by atoms with Crippen LogP contribution in [-0.2, 0) is 0 Å². The molecule has 1 atom stereocenters. The topological polar surface area (TPSA) is 9.23 Å². The maximum atomic E-state index is 14.0. The van der Waals surface area contributed by atoms with Crippen molar-refractivity contribution in [1.82, 2.24) is 0 Å². The minimum Gasteiger partial charge on any atom is -0.497 e. The van der Waals surface area contributed by atoms with E-state index in [1.165, 1.54) is 13.2 Å². The first-order valence-electron chi connectivity index (χ1n) is 5.76. The van der Waals surface area contributed by atoms with Crippen molar-refractivity contribution in [3.8, 4) is 5.75 Å². The van der Waals surface area contributed by atoms with Crippen LogP contribution in [0.25, 0.3) is 0 Å². The van der Waals surface area contributed by atoms with E-state index < -0.39 is 5.38 Å². The van der Waals surface area contributed by atoms with Crippen LogP contribution in [-0.4, -0.2) is 7.11 Å². The van der Waals surface area contributed by atoms with Crippen LogP contribution in [0.5, 0.6) is 5.75 Å². The normalized spacial score (nSPS) is 12.3. The number of hydrogen-bond donors (Lipinski definition) is 0. The molecule has 100 valence electrons. The van der Waals surface area contributed by atoms with Crippen LogP contribution in [0.15, 0.2) is 40.9 Å². The molecular weight excluding hydrogens is 331 g/mol. The summed E-state index contributed by atoms with van der Waals surface area (Å²) in [5.74, 6) is 0.117. The molecule has 0 aliphatic rings. The third kappa shape index (κ3) is 3.10. The summed E-state index contributed by atoms with van der Waals surface area (Å²) in [5.41, 5.74) is 2.41. The average Bonchev–Trinajstić information content (AvgIpc) is 2.41. The second kappa shape index (κ2) is 5.93. The minimum atomic E-state index is -0.525. The van der Waals surface area contributed by atoms with Gasteiger partial charge in [0, 0.05) is 16.1 Å². The lowest BCUT2D eigenvalue weighted by Crippen LogP contribution is -1.98. The van der Waals surface area contributed by atoms with Gasteiger partial charge in [0.15, 0.2) is 0 Å². The zero-order valence-corrected chi connectivity index (χ0v) is 12.9. The van der Waals surface area contributed by atoms with Gasteiger partial charge in [-0.05, 0) is 30.2 Å². The maximum Gasteiger partial charge on any atom is 0.131 e. The van der Waals surface area contributed by atoms with Crippen molar-refractivity contribution in [2.75, 3.05) is 7.11 Å². The van der Waals surface area contributed by atoms with Crippen LogP contribution >= 0.6 is 27.5 Å². The van der Waals surface area contributed by atoms with Gasteiger partial charge in [0.2, 0.25) is 0 Å². The highest BCUT2D eigenvalue weighted by molar-refractivity contribution is 9.10. The van der Waals surface area contributed by atoms with Crippen molar-refractivity contribution >= 4 is 27.5 Å². The van der Waals surface area contributed by atoms with E-state index in [0.29, 0.717) is 11.3 Å². The van der Waals surface area contributed by atoms with Gasteiger partial charge in [0.25, 0.3) is 0 Å². The van der Waals surface area contributed by atoms with E-state index in [-0.39, 0.29) is 5.82 Å². The lowest BCUT2D eigenvalue weighted by Gasteiger charge is -2.13. The summed E-state index contributed by atoms with van der Waals surface area (Å²) in [6.45, 7) is 1.99.